The van der Waals surface area contributed by atoms with Crippen LogP contribution in [0.15, 0.2) is 39.5 Å². The van der Waals surface area contributed by atoms with Crippen molar-refractivity contribution in [3.05, 3.63) is 51.9 Å². The number of benzene rings is 1. The van der Waals surface area contributed by atoms with E-state index in [4.69, 9.17) is 4.42 Å². The lowest BCUT2D eigenvalue weighted by Gasteiger charge is -2.33. The fourth-order valence-electron chi connectivity index (χ4n) is 3.99. The zero-order valence-corrected chi connectivity index (χ0v) is 15.3. The van der Waals surface area contributed by atoms with Crippen LogP contribution in [-0.2, 0) is 19.4 Å². The van der Waals surface area contributed by atoms with Crippen molar-refractivity contribution in [2.24, 2.45) is 0 Å². The van der Waals surface area contributed by atoms with E-state index in [1.807, 2.05) is 24.3 Å². The predicted octanol–water partition coefficient (Wildman–Crippen LogP) is 1.70. The van der Waals surface area contributed by atoms with Crippen molar-refractivity contribution in [2.75, 3.05) is 37.6 Å². The van der Waals surface area contributed by atoms with Gasteiger partial charge in [0.1, 0.15) is 5.52 Å². The Bertz CT molecular complexity index is 984. The van der Waals surface area contributed by atoms with Crippen LogP contribution in [0.3, 0.4) is 0 Å². The summed E-state index contributed by atoms with van der Waals surface area (Å²) in [6.07, 6.45) is 3.11. The van der Waals surface area contributed by atoms with Gasteiger partial charge in [-0.25, -0.2) is 4.68 Å². The van der Waals surface area contributed by atoms with Crippen LogP contribution >= 0.6 is 0 Å². The van der Waals surface area contributed by atoms with E-state index >= 15 is 0 Å². The summed E-state index contributed by atoms with van der Waals surface area (Å²) in [5, 5.41) is 4.57. The third kappa shape index (κ3) is 3.23. The molecule has 0 atom stereocenters. The molecule has 0 spiro atoms. The fraction of sp³-hybridized carbons (Fsp3) is 0.450. The molecular formula is C20H23N5O2. The van der Waals surface area contributed by atoms with Gasteiger partial charge in [0.05, 0.1) is 12.2 Å². The number of hydrogen-bond donors (Lipinski definition) is 0. The Balaban J connectivity index is 1.19. The van der Waals surface area contributed by atoms with E-state index in [0.29, 0.717) is 12.6 Å². The molecule has 2 aromatic heterocycles. The Hall–Kier alpha value is -2.67. The molecule has 140 valence electrons. The zero-order valence-electron chi connectivity index (χ0n) is 15.3. The first kappa shape index (κ1) is 16.5. The topological polar surface area (TPSA) is 67.4 Å². The van der Waals surface area contributed by atoms with Gasteiger partial charge in [-0.1, -0.05) is 12.1 Å². The fourth-order valence-corrected chi connectivity index (χ4v) is 3.99. The van der Waals surface area contributed by atoms with Crippen LogP contribution in [-0.4, -0.2) is 52.4 Å². The summed E-state index contributed by atoms with van der Waals surface area (Å²) >= 11 is 0. The molecule has 1 saturated heterocycles. The third-order valence-corrected chi connectivity index (χ3v) is 5.58. The second-order valence-corrected chi connectivity index (χ2v) is 7.32. The van der Waals surface area contributed by atoms with Crippen molar-refractivity contribution >= 4 is 17.1 Å². The van der Waals surface area contributed by atoms with E-state index in [-0.39, 0.29) is 5.56 Å². The average Bonchev–Trinajstić information content (AvgIpc) is 3.32. The monoisotopic (exact) mass is 365 g/mol. The number of aromatic nitrogens is 3. The first-order valence-electron chi connectivity index (χ1n) is 9.69. The Kier molecular flexibility index (Phi) is 4.16. The van der Waals surface area contributed by atoms with Crippen molar-refractivity contribution < 1.29 is 4.42 Å². The predicted molar refractivity (Wildman–Crippen MR) is 103 cm³/mol. The van der Waals surface area contributed by atoms with Crippen LogP contribution in [0.4, 0.5) is 6.01 Å². The number of oxazole rings is 1. The minimum atomic E-state index is 0.0285. The van der Waals surface area contributed by atoms with E-state index in [1.165, 1.54) is 0 Å². The van der Waals surface area contributed by atoms with Crippen molar-refractivity contribution in [1.29, 1.82) is 0 Å². The van der Waals surface area contributed by atoms with Crippen molar-refractivity contribution in [2.45, 2.75) is 25.8 Å². The summed E-state index contributed by atoms with van der Waals surface area (Å²) in [4.78, 5) is 21.4. The maximum Gasteiger partial charge on any atom is 0.298 e. The molecule has 1 aliphatic carbocycles. The number of nitrogens with zero attached hydrogens (tertiary/aromatic N) is 5. The number of para-hydroxylation sites is 2. The maximum absolute atomic E-state index is 12.2. The van der Waals surface area contributed by atoms with Gasteiger partial charge in [0.25, 0.3) is 11.6 Å². The van der Waals surface area contributed by atoms with Gasteiger partial charge in [0.15, 0.2) is 5.58 Å². The molecule has 0 bridgehead atoms. The van der Waals surface area contributed by atoms with Crippen LogP contribution < -0.4 is 10.5 Å². The minimum absolute atomic E-state index is 0.0285. The van der Waals surface area contributed by atoms with E-state index < -0.39 is 0 Å². The van der Waals surface area contributed by atoms with Gasteiger partial charge in [0.2, 0.25) is 0 Å². The highest BCUT2D eigenvalue weighted by Crippen LogP contribution is 2.22. The number of hydrogen-bond acceptors (Lipinski definition) is 6. The van der Waals surface area contributed by atoms with Gasteiger partial charge in [-0.05, 0) is 37.0 Å². The van der Waals surface area contributed by atoms with E-state index in [1.54, 1.807) is 10.7 Å². The summed E-state index contributed by atoms with van der Waals surface area (Å²) < 4.78 is 7.51. The largest absolute Gasteiger partial charge is 0.423 e. The van der Waals surface area contributed by atoms with E-state index in [0.717, 1.165) is 74.3 Å². The quantitative estimate of drug-likeness (QED) is 0.701. The highest BCUT2D eigenvalue weighted by molar-refractivity contribution is 5.74. The molecular weight excluding hydrogens is 342 g/mol. The maximum atomic E-state index is 12.2. The molecule has 1 aliphatic heterocycles. The standard InChI is InChI=1S/C20H23N5O2/c26-19-14-15-4-3-6-16(15)22-25(19)13-10-23-8-11-24(12-9-23)20-21-17-5-1-2-7-18(17)27-20/h1-2,5,7,14H,3-4,6,8-13H2. The van der Waals surface area contributed by atoms with Crippen LogP contribution in [0.25, 0.3) is 11.1 Å². The van der Waals surface area contributed by atoms with E-state index in [2.05, 4.69) is 19.9 Å². The summed E-state index contributed by atoms with van der Waals surface area (Å²) in [5.74, 6) is 0. The highest BCUT2D eigenvalue weighted by atomic mass is 16.4. The van der Waals surface area contributed by atoms with Crippen LogP contribution in [0, 0.1) is 0 Å². The van der Waals surface area contributed by atoms with Crippen molar-refractivity contribution in [3.63, 3.8) is 0 Å². The Morgan fingerprint density at radius 3 is 2.74 bits per heavy atom. The van der Waals surface area contributed by atoms with Gasteiger partial charge >= 0.3 is 0 Å². The number of anilines is 1. The molecule has 27 heavy (non-hydrogen) atoms. The Morgan fingerprint density at radius 1 is 1.04 bits per heavy atom. The summed E-state index contributed by atoms with van der Waals surface area (Å²) in [6, 6.07) is 10.3. The van der Waals surface area contributed by atoms with Gasteiger partial charge in [0, 0.05) is 38.8 Å². The molecule has 1 aromatic carbocycles. The molecule has 3 heterocycles. The molecule has 2 aliphatic rings. The molecule has 0 N–H and O–H groups in total. The summed E-state index contributed by atoms with van der Waals surface area (Å²) in [5.41, 5.74) is 4.01. The Morgan fingerprint density at radius 2 is 1.89 bits per heavy atom. The molecule has 0 amide bonds. The van der Waals surface area contributed by atoms with Crippen LogP contribution in [0.5, 0.6) is 0 Å². The molecule has 3 aromatic rings. The van der Waals surface area contributed by atoms with Gasteiger partial charge in [-0.15, -0.1) is 0 Å². The van der Waals surface area contributed by atoms with Gasteiger partial charge in [-0.3, -0.25) is 9.69 Å². The number of rotatable bonds is 4. The highest BCUT2D eigenvalue weighted by Gasteiger charge is 2.21. The molecule has 5 rings (SSSR count). The number of fused-ring (bicyclic) bond motifs is 2. The normalized spacial score (nSPS) is 17.6. The Labute approximate surface area is 157 Å². The molecule has 7 nitrogen and oxygen atoms in total. The molecule has 1 fully saturated rings. The first-order chi connectivity index (χ1) is 13.3. The zero-order chi connectivity index (χ0) is 18.2. The average molecular weight is 365 g/mol. The lowest BCUT2D eigenvalue weighted by molar-refractivity contribution is 0.238. The second-order valence-electron chi connectivity index (χ2n) is 7.32. The minimum Gasteiger partial charge on any atom is -0.423 e. The number of piperazine rings is 1. The lowest BCUT2D eigenvalue weighted by Crippen LogP contribution is -2.47. The van der Waals surface area contributed by atoms with E-state index in [9.17, 15) is 4.79 Å². The molecule has 0 unspecified atom stereocenters. The smallest absolute Gasteiger partial charge is 0.298 e. The lowest BCUT2D eigenvalue weighted by atomic mass is 10.2. The molecule has 7 heteroatoms. The molecule has 0 radical (unpaired) electrons. The second kappa shape index (κ2) is 6.81. The summed E-state index contributed by atoms with van der Waals surface area (Å²) in [6.45, 7) is 5.09. The van der Waals surface area contributed by atoms with Crippen LogP contribution in [0.1, 0.15) is 17.7 Å². The number of aryl methyl sites for hydroxylation is 2. The SMILES string of the molecule is O=c1cc2c(nn1CCN1CCN(c3nc4ccccc4o3)CC1)CCC2. The summed E-state index contributed by atoms with van der Waals surface area (Å²) in [7, 11) is 0. The van der Waals surface area contributed by atoms with Gasteiger partial charge < -0.3 is 9.32 Å². The first-order valence-corrected chi connectivity index (χ1v) is 9.69. The van der Waals surface area contributed by atoms with Crippen LogP contribution in [0.2, 0.25) is 0 Å². The third-order valence-electron chi connectivity index (χ3n) is 5.58. The van der Waals surface area contributed by atoms with Gasteiger partial charge in [-0.2, -0.15) is 10.1 Å². The van der Waals surface area contributed by atoms with Crippen molar-refractivity contribution in [1.82, 2.24) is 19.7 Å². The molecule has 0 saturated carbocycles. The van der Waals surface area contributed by atoms with Crippen molar-refractivity contribution in [3.8, 4) is 0 Å².